The summed E-state index contributed by atoms with van der Waals surface area (Å²) in [6.07, 6.45) is 2.99. The summed E-state index contributed by atoms with van der Waals surface area (Å²) in [5.41, 5.74) is 2.64. The zero-order valence-electron chi connectivity index (χ0n) is 8.95. The van der Waals surface area contributed by atoms with Crippen LogP contribution in [0.15, 0.2) is 12.3 Å². The summed E-state index contributed by atoms with van der Waals surface area (Å²) >= 11 is 0. The van der Waals surface area contributed by atoms with E-state index in [4.69, 9.17) is 5.11 Å². The van der Waals surface area contributed by atoms with Crippen LogP contribution >= 0.6 is 0 Å². The van der Waals surface area contributed by atoms with Gasteiger partial charge in [-0.1, -0.05) is 0 Å². The molecule has 82 valence electrons. The molecule has 15 heavy (non-hydrogen) atoms. The van der Waals surface area contributed by atoms with Gasteiger partial charge in [0.1, 0.15) is 5.82 Å². The van der Waals surface area contributed by atoms with Gasteiger partial charge in [0.05, 0.1) is 6.61 Å². The lowest BCUT2D eigenvalue weighted by molar-refractivity contribution is 0.281. The first-order valence-electron chi connectivity index (χ1n) is 5.35. The molecule has 0 fully saturated rings. The van der Waals surface area contributed by atoms with Gasteiger partial charge in [-0.05, 0) is 37.1 Å². The third-order valence-corrected chi connectivity index (χ3v) is 2.64. The summed E-state index contributed by atoms with van der Waals surface area (Å²) in [7, 11) is 0. The van der Waals surface area contributed by atoms with Crippen molar-refractivity contribution in [1.82, 2.24) is 10.3 Å². The van der Waals surface area contributed by atoms with E-state index >= 15 is 0 Å². The van der Waals surface area contributed by atoms with Gasteiger partial charge < -0.3 is 15.7 Å². The predicted molar refractivity (Wildman–Crippen MR) is 59.8 cm³/mol. The van der Waals surface area contributed by atoms with E-state index in [1.54, 1.807) is 0 Å². The lowest BCUT2D eigenvalue weighted by atomic mass is 10.0. The molecule has 0 saturated carbocycles. The van der Waals surface area contributed by atoms with Crippen LogP contribution in [0.5, 0.6) is 0 Å². The van der Waals surface area contributed by atoms with Gasteiger partial charge >= 0.3 is 0 Å². The molecule has 0 unspecified atom stereocenters. The van der Waals surface area contributed by atoms with E-state index in [0.717, 1.165) is 25.3 Å². The Morgan fingerprint density at radius 1 is 1.60 bits per heavy atom. The van der Waals surface area contributed by atoms with Crippen molar-refractivity contribution in [2.75, 3.05) is 18.5 Å². The maximum atomic E-state index is 8.93. The number of nitrogens with one attached hydrogen (secondary N) is 2. The molecule has 0 aromatic carbocycles. The van der Waals surface area contributed by atoms with Crippen molar-refractivity contribution in [1.29, 1.82) is 0 Å². The Bertz CT molecular complexity index is 341. The third-order valence-electron chi connectivity index (χ3n) is 2.64. The zero-order valence-corrected chi connectivity index (χ0v) is 8.95. The van der Waals surface area contributed by atoms with Gasteiger partial charge in [-0.15, -0.1) is 0 Å². The molecular weight excluding hydrogens is 190 g/mol. The Morgan fingerprint density at radius 3 is 3.27 bits per heavy atom. The predicted octanol–water partition coefficient (Wildman–Crippen LogP) is 0.520. The molecule has 0 saturated heterocycles. The summed E-state index contributed by atoms with van der Waals surface area (Å²) in [4.78, 5) is 4.33. The second-order valence-corrected chi connectivity index (χ2v) is 3.99. The van der Waals surface area contributed by atoms with Gasteiger partial charge in [0.25, 0.3) is 0 Å². The van der Waals surface area contributed by atoms with Gasteiger partial charge in [-0.25, -0.2) is 4.98 Å². The fourth-order valence-electron chi connectivity index (χ4n) is 1.74. The highest BCUT2D eigenvalue weighted by atomic mass is 16.3. The van der Waals surface area contributed by atoms with E-state index in [1.165, 1.54) is 11.1 Å². The van der Waals surface area contributed by atoms with Crippen LogP contribution in [0.2, 0.25) is 0 Å². The Labute approximate surface area is 89.7 Å². The van der Waals surface area contributed by atoms with E-state index in [2.05, 4.69) is 21.7 Å². The van der Waals surface area contributed by atoms with Crippen LogP contribution in [-0.2, 0) is 13.0 Å². The lowest BCUT2D eigenvalue weighted by Gasteiger charge is -2.18. The van der Waals surface area contributed by atoms with E-state index < -0.39 is 0 Å². The standard InChI is InChI=1S/C11H17N3O/c1-8(7-15)14-11-4-10-5-12-3-2-9(10)6-13-11/h4,6,8,12,15H,2-3,5,7H2,1H3,(H,13,14)/t8-/m0/s1. The molecule has 4 nitrogen and oxygen atoms in total. The summed E-state index contributed by atoms with van der Waals surface area (Å²) in [5.74, 6) is 0.846. The molecule has 3 N–H and O–H groups in total. The fourth-order valence-corrected chi connectivity index (χ4v) is 1.74. The van der Waals surface area contributed by atoms with Crippen LogP contribution in [0.25, 0.3) is 0 Å². The number of fused-ring (bicyclic) bond motifs is 1. The van der Waals surface area contributed by atoms with Crippen molar-refractivity contribution in [2.24, 2.45) is 0 Å². The Morgan fingerprint density at radius 2 is 2.47 bits per heavy atom. The normalized spacial score (nSPS) is 16.9. The molecule has 0 radical (unpaired) electrons. The molecule has 2 rings (SSSR count). The Balaban J connectivity index is 2.13. The molecule has 1 aliphatic heterocycles. The van der Waals surface area contributed by atoms with Crippen molar-refractivity contribution in [3.05, 3.63) is 23.4 Å². The molecule has 4 heteroatoms. The highest BCUT2D eigenvalue weighted by Gasteiger charge is 2.10. The number of rotatable bonds is 3. The molecular formula is C11H17N3O. The maximum Gasteiger partial charge on any atom is 0.126 e. The van der Waals surface area contributed by atoms with Crippen LogP contribution in [0.1, 0.15) is 18.1 Å². The molecule has 1 aromatic heterocycles. The fraction of sp³-hybridized carbons (Fsp3) is 0.545. The highest BCUT2D eigenvalue weighted by molar-refractivity contribution is 5.42. The SMILES string of the molecule is C[C@@H](CO)Nc1cc2c(cn1)CCNC2. The number of pyridine rings is 1. The number of hydrogen-bond donors (Lipinski definition) is 3. The van der Waals surface area contributed by atoms with E-state index in [9.17, 15) is 0 Å². The molecule has 0 amide bonds. The van der Waals surface area contributed by atoms with E-state index in [0.29, 0.717) is 0 Å². The monoisotopic (exact) mass is 207 g/mol. The van der Waals surface area contributed by atoms with Crippen LogP contribution in [-0.4, -0.2) is 29.3 Å². The minimum absolute atomic E-state index is 0.0482. The number of nitrogens with zero attached hydrogens (tertiary/aromatic N) is 1. The first kappa shape index (κ1) is 10.4. The van der Waals surface area contributed by atoms with Gasteiger partial charge in [-0.3, -0.25) is 0 Å². The Kier molecular flexibility index (Phi) is 3.18. The highest BCUT2D eigenvalue weighted by Crippen LogP contribution is 2.16. The zero-order chi connectivity index (χ0) is 10.7. The summed E-state index contributed by atoms with van der Waals surface area (Å²) in [6, 6.07) is 2.11. The topological polar surface area (TPSA) is 57.2 Å². The Hall–Kier alpha value is -1.13. The second kappa shape index (κ2) is 4.59. The van der Waals surface area contributed by atoms with Crippen molar-refractivity contribution in [3.63, 3.8) is 0 Å². The summed E-state index contributed by atoms with van der Waals surface area (Å²) in [5, 5.41) is 15.4. The van der Waals surface area contributed by atoms with Crippen LogP contribution in [0.4, 0.5) is 5.82 Å². The van der Waals surface area contributed by atoms with Crippen LogP contribution in [0, 0.1) is 0 Å². The van der Waals surface area contributed by atoms with Gasteiger partial charge in [-0.2, -0.15) is 0 Å². The van der Waals surface area contributed by atoms with Crippen molar-refractivity contribution in [3.8, 4) is 0 Å². The minimum Gasteiger partial charge on any atom is -0.394 e. The molecule has 0 bridgehead atoms. The number of aliphatic hydroxyl groups is 1. The average Bonchev–Trinajstić information content (AvgIpc) is 2.29. The molecule has 1 atom stereocenters. The van der Waals surface area contributed by atoms with Gasteiger partial charge in [0.15, 0.2) is 0 Å². The molecule has 1 aromatic rings. The van der Waals surface area contributed by atoms with Crippen molar-refractivity contribution >= 4 is 5.82 Å². The third kappa shape index (κ3) is 2.46. The maximum absolute atomic E-state index is 8.93. The average molecular weight is 207 g/mol. The number of hydrogen-bond acceptors (Lipinski definition) is 4. The number of aliphatic hydroxyl groups excluding tert-OH is 1. The second-order valence-electron chi connectivity index (χ2n) is 3.99. The van der Waals surface area contributed by atoms with E-state index in [-0.39, 0.29) is 12.6 Å². The van der Waals surface area contributed by atoms with Gasteiger partial charge in [0, 0.05) is 18.8 Å². The minimum atomic E-state index is 0.0482. The van der Waals surface area contributed by atoms with Crippen LogP contribution < -0.4 is 10.6 Å². The van der Waals surface area contributed by atoms with Crippen molar-refractivity contribution in [2.45, 2.75) is 25.9 Å². The van der Waals surface area contributed by atoms with Crippen molar-refractivity contribution < 1.29 is 5.11 Å². The summed E-state index contributed by atoms with van der Waals surface area (Å²) in [6.45, 7) is 4.00. The molecule has 2 heterocycles. The first-order valence-corrected chi connectivity index (χ1v) is 5.35. The van der Waals surface area contributed by atoms with Crippen LogP contribution in [0.3, 0.4) is 0 Å². The van der Waals surface area contributed by atoms with E-state index in [1.807, 2.05) is 13.1 Å². The number of aromatic nitrogens is 1. The largest absolute Gasteiger partial charge is 0.394 e. The molecule has 0 aliphatic carbocycles. The smallest absolute Gasteiger partial charge is 0.126 e. The first-order chi connectivity index (χ1) is 7.29. The quantitative estimate of drug-likeness (QED) is 0.676. The van der Waals surface area contributed by atoms with Gasteiger partial charge in [0.2, 0.25) is 0 Å². The number of anilines is 1. The molecule has 0 spiro atoms. The summed E-state index contributed by atoms with van der Waals surface area (Å²) < 4.78 is 0. The molecule has 1 aliphatic rings. The lowest BCUT2D eigenvalue weighted by Crippen LogP contribution is -2.25.